The molecule has 0 bridgehead atoms. The maximum Gasteiger partial charge on any atom is 0.326 e. The molecule has 1 aliphatic rings. The molecular weight excluding hydrogens is 370 g/mol. The minimum Gasteiger partial charge on any atom is -0.385 e. The van der Waals surface area contributed by atoms with Crippen molar-refractivity contribution in [2.24, 2.45) is 0 Å². The first-order valence-electron chi connectivity index (χ1n) is 9.60. The number of aryl methyl sites for hydroxylation is 1. The van der Waals surface area contributed by atoms with Crippen LogP contribution in [0.1, 0.15) is 39.6 Å². The zero-order valence-corrected chi connectivity index (χ0v) is 16.9. The third kappa shape index (κ3) is 4.30. The molecule has 152 valence electrons. The predicted octanol–water partition coefficient (Wildman–Crippen LogP) is 3.69. The lowest BCUT2D eigenvalue weighted by Gasteiger charge is -2.22. The van der Waals surface area contributed by atoms with Crippen molar-refractivity contribution in [1.82, 2.24) is 4.90 Å². The lowest BCUT2D eigenvalue weighted by Crippen LogP contribution is -2.34. The van der Waals surface area contributed by atoms with Gasteiger partial charge in [-0.05, 0) is 56.2 Å². The number of fused-ring (bicyclic) bond motifs is 1. The molecule has 1 N–H and O–H groups in total. The van der Waals surface area contributed by atoms with Gasteiger partial charge >= 0.3 is 6.03 Å². The number of methoxy groups -OCH3 is 1. The number of nitrogens with zero attached hydrogens (tertiary/aromatic N) is 2. The lowest BCUT2D eigenvalue weighted by atomic mass is 10.1. The summed E-state index contributed by atoms with van der Waals surface area (Å²) < 4.78 is 4.99. The van der Waals surface area contributed by atoms with Crippen molar-refractivity contribution in [1.29, 1.82) is 0 Å². The molecule has 0 saturated heterocycles. The molecule has 3 rings (SSSR count). The SMILES string of the molecule is CCN(C(=O)Nc1ccc2c(c1)C(=O)N(CCCOC)C2=O)c1cccc(C)c1. The van der Waals surface area contributed by atoms with Gasteiger partial charge in [0, 0.05) is 38.2 Å². The van der Waals surface area contributed by atoms with E-state index in [1.165, 1.54) is 4.90 Å². The van der Waals surface area contributed by atoms with Crippen molar-refractivity contribution in [3.05, 3.63) is 59.2 Å². The van der Waals surface area contributed by atoms with E-state index in [1.807, 2.05) is 38.1 Å². The lowest BCUT2D eigenvalue weighted by molar-refractivity contribution is 0.0638. The average Bonchev–Trinajstić information content (AvgIpc) is 2.93. The maximum atomic E-state index is 12.8. The van der Waals surface area contributed by atoms with Crippen LogP contribution in [-0.4, -0.2) is 49.6 Å². The van der Waals surface area contributed by atoms with E-state index in [1.54, 1.807) is 30.2 Å². The molecule has 4 amide bonds. The molecule has 2 aromatic carbocycles. The number of rotatable bonds is 7. The van der Waals surface area contributed by atoms with Crippen LogP contribution in [0.15, 0.2) is 42.5 Å². The van der Waals surface area contributed by atoms with Gasteiger partial charge in [-0.1, -0.05) is 12.1 Å². The molecule has 0 saturated carbocycles. The smallest absolute Gasteiger partial charge is 0.326 e. The summed E-state index contributed by atoms with van der Waals surface area (Å²) in [6, 6.07) is 12.2. The van der Waals surface area contributed by atoms with Crippen LogP contribution >= 0.6 is 0 Å². The molecular formula is C22H25N3O4. The van der Waals surface area contributed by atoms with Crippen LogP contribution in [0.2, 0.25) is 0 Å². The molecule has 7 heteroatoms. The van der Waals surface area contributed by atoms with Gasteiger partial charge in [0.1, 0.15) is 0 Å². The molecule has 1 heterocycles. The molecule has 7 nitrogen and oxygen atoms in total. The first-order valence-corrected chi connectivity index (χ1v) is 9.60. The number of hydrogen-bond donors (Lipinski definition) is 1. The van der Waals surface area contributed by atoms with Crippen LogP contribution in [0.25, 0.3) is 0 Å². The zero-order chi connectivity index (χ0) is 21.0. The van der Waals surface area contributed by atoms with E-state index in [2.05, 4.69) is 5.32 Å². The highest BCUT2D eigenvalue weighted by molar-refractivity contribution is 6.22. The van der Waals surface area contributed by atoms with E-state index in [0.717, 1.165) is 11.3 Å². The van der Waals surface area contributed by atoms with Crippen LogP contribution in [0.4, 0.5) is 16.2 Å². The van der Waals surface area contributed by atoms with Gasteiger partial charge in [-0.3, -0.25) is 19.4 Å². The summed E-state index contributed by atoms with van der Waals surface area (Å²) in [5, 5.41) is 2.83. The summed E-state index contributed by atoms with van der Waals surface area (Å²) in [5.41, 5.74) is 2.99. The highest BCUT2D eigenvalue weighted by Gasteiger charge is 2.35. The van der Waals surface area contributed by atoms with Crippen molar-refractivity contribution < 1.29 is 19.1 Å². The Labute approximate surface area is 170 Å². The number of benzene rings is 2. The fourth-order valence-corrected chi connectivity index (χ4v) is 3.37. The summed E-state index contributed by atoms with van der Waals surface area (Å²) in [6.07, 6.45) is 0.577. The first kappa shape index (κ1) is 20.5. The first-order chi connectivity index (χ1) is 14.0. The van der Waals surface area contributed by atoms with Crippen LogP contribution in [0.5, 0.6) is 0 Å². The van der Waals surface area contributed by atoms with E-state index in [9.17, 15) is 14.4 Å². The quantitative estimate of drug-likeness (QED) is 0.573. The van der Waals surface area contributed by atoms with E-state index in [0.29, 0.717) is 42.9 Å². The largest absolute Gasteiger partial charge is 0.385 e. The number of nitrogens with one attached hydrogen (secondary N) is 1. The number of urea groups is 1. The maximum absolute atomic E-state index is 12.8. The monoisotopic (exact) mass is 395 g/mol. The Morgan fingerprint density at radius 3 is 2.55 bits per heavy atom. The van der Waals surface area contributed by atoms with E-state index in [-0.39, 0.29) is 17.8 Å². The molecule has 29 heavy (non-hydrogen) atoms. The second-order valence-corrected chi connectivity index (χ2v) is 6.88. The summed E-state index contributed by atoms with van der Waals surface area (Å²) in [7, 11) is 1.58. The number of anilines is 2. The zero-order valence-electron chi connectivity index (χ0n) is 16.9. The molecule has 2 aromatic rings. The Kier molecular flexibility index (Phi) is 6.29. The topological polar surface area (TPSA) is 79.0 Å². The van der Waals surface area contributed by atoms with Crippen molar-refractivity contribution in [2.75, 3.05) is 37.0 Å². The third-order valence-electron chi connectivity index (χ3n) is 4.83. The van der Waals surface area contributed by atoms with Gasteiger partial charge in [-0.25, -0.2) is 4.79 Å². The number of carbonyl (C=O) groups is 3. The van der Waals surface area contributed by atoms with Crippen LogP contribution < -0.4 is 10.2 Å². The van der Waals surface area contributed by atoms with Crippen molar-refractivity contribution in [3.8, 4) is 0 Å². The van der Waals surface area contributed by atoms with Gasteiger partial charge in [0.2, 0.25) is 0 Å². The summed E-state index contributed by atoms with van der Waals surface area (Å²) >= 11 is 0. The van der Waals surface area contributed by atoms with Crippen molar-refractivity contribution >= 4 is 29.2 Å². The summed E-state index contributed by atoms with van der Waals surface area (Å²) in [5.74, 6) is -0.655. The van der Waals surface area contributed by atoms with Crippen LogP contribution in [0, 0.1) is 6.92 Å². The number of imide groups is 1. The third-order valence-corrected chi connectivity index (χ3v) is 4.83. The Balaban J connectivity index is 1.76. The fourth-order valence-electron chi connectivity index (χ4n) is 3.37. The Morgan fingerprint density at radius 2 is 1.86 bits per heavy atom. The predicted molar refractivity (Wildman–Crippen MR) is 112 cm³/mol. The van der Waals surface area contributed by atoms with Crippen LogP contribution in [-0.2, 0) is 4.74 Å². The molecule has 0 aliphatic carbocycles. The van der Waals surface area contributed by atoms with Crippen LogP contribution in [0.3, 0.4) is 0 Å². The van der Waals surface area contributed by atoms with Gasteiger partial charge in [0.15, 0.2) is 0 Å². The molecule has 0 aromatic heterocycles. The number of carbonyl (C=O) groups excluding carboxylic acids is 3. The second kappa shape index (κ2) is 8.87. The molecule has 0 spiro atoms. The Hall–Kier alpha value is -3.19. The van der Waals surface area contributed by atoms with Gasteiger partial charge in [-0.15, -0.1) is 0 Å². The highest BCUT2D eigenvalue weighted by atomic mass is 16.5. The standard InChI is InChI=1S/C22H25N3O4/c1-4-24(17-8-5-7-15(2)13-17)22(28)23-16-9-10-18-19(14-16)21(27)25(20(18)26)11-6-12-29-3/h5,7-10,13-14H,4,6,11-12H2,1-3H3,(H,23,28). The number of amides is 4. The average molecular weight is 395 g/mol. The molecule has 0 radical (unpaired) electrons. The number of hydrogen-bond acceptors (Lipinski definition) is 4. The fraction of sp³-hybridized carbons (Fsp3) is 0.318. The van der Waals surface area contributed by atoms with Gasteiger partial charge < -0.3 is 10.1 Å². The van der Waals surface area contributed by atoms with Gasteiger partial charge in [0.05, 0.1) is 11.1 Å². The van der Waals surface area contributed by atoms with Gasteiger partial charge in [0.25, 0.3) is 11.8 Å². The number of ether oxygens (including phenoxy) is 1. The van der Waals surface area contributed by atoms with E-state index in [4.69, 9.17) is 4.74 Å². The normalized spacial score (nSPS) is 12.9. The minimum atomic E-state index is -0.344. The summed E-state index contributed by atoms with van der Waals surface area (Å²) in [4.78, 5) is 40.7. The van der Waals surface area contributed by atoms with E-state index >= 15 is 0 Å². The highest BCUT2D eigenvalue weighted by Crippen LogP contribution is 2.26. The van der Waals surface area contributed by atoms with Crippen molar-refractivity contribution in [3.63, 3.8) is 0 Å². The molecule has 0 fully saturated rings. The minimum absolute atomic E-state index is 0.299. The van der Waals surface area contributed by atoms with Gasteiger partial charge in [-0.2, -0.15) is 0 Å². The van der Waals surface area contributed by atoms with E-state index < -0.39 is 0 Å². The van der Waals surface area contributed by atoms with Crippen molar-refractivity contribution in [2.45, 2.75) is 20.3 Å². The Morgan fingerprint density at radius 1 is 1.10 bits per heavy atom. The molecule has 0 unspecified atom stereocenters. The summed E-state index contributed by atoms with van der Waals surface area (Å²) in [6.45, 7) is 5.13. The second-order valence-electron chi connectivity index (χ2n) is 6.88. The molecule has 1 aliphatic heterocycles. The molecule has 0 atom stereocenters. The Bertz CT molecular complexity index is 941.